The van der Waals surface area contributed by atoms with Crippen LogP contribution in [0.4, 0.5) is 11.4 Å². The molecule has 0 saturated heterocycles. The van der Waals surface area contributed by atoms with Gasteiger partial charge in [-0.3, -0.25) is 4.72 Å². The van der Waals surface area contributed by atoms with Gasteiger partial charge in [-0.15, -0.1) is 0 Å². The molecule has 0 saturated carbocycles. The number of halogens is 2. The Hall–Kier alpha value is -1.44. The quantitative estimate of drug-likeness (QED) is 0.782. The van der Waals surface area contributed by atoms with E-state index in [0.717, 1.165) is 0 Å². The topological polar surface area (TPSA) is 81.4 Å². The van der Waals surface area contributed by atoms with Crippen LogP contribution in [0.25, 0.3) is 0 Å². The predicted octanol–water partition coefficient (Wildman–Crippen LogP) is 3.49. The Bertz CT molecular complexity index is 781. The van der Waals surface area contributed by atoms with Gasteiger partial charge in [0.15, 0.2) is 0 Å². The number of nitrogen functional groups attached to an aromatic ring is 1. The van der Waals surface area contributed by atoms with E-state index in [9.17, 15) is 8.42 Å². The van der Waals surface area contributed by atoms with Crippen LogP contribution in [0.15, 0.2) is 45.8 Å². The molecule has 2 aromatic rings. The second-order valence-electron chi connectivity index (χ2n) is 4.14. The van der Waals surface area contributed by atoms with Gasteiger partial charge in [-0.1, -0.05) is 11.6 Å². The molecule has 0 radical (unpaired) electrons. The molecule has 0 spiro atoms. The summed E-state index contributed by atoms with van der Waals surface area (Å²) in [5, 5.41) is 0.397. The molecule has 0 heterocycles. The van der Waals surface area contributed by atoms with E-state index in [4.69, 9.17) is 22.1 Å². The Morgan fingerprint density at radius 1 is 1.24 bits per heavy atom. The van der Waals surface area contributed by atoms with Gasteiger partial charge in [0, 0.05) is 16.2 Å². The van der Waals surface area contributed by atoms with Crippen LogP contribution < -0.4 is 15.2 Å². The van der Waals surface area contributed by atoms with Crippen LogP contribution in [0.3, 0.4) is 0 Å². The zero-order chi connectivity index (χ0) is 15.6. The van der Waals surface area contributed by atoms with Crippen LogP contribution in [0.2, 0.25) is 5.02 Å². The molecule has 0 aliphatic rings. The van der Waals surface area contributed by atoms with E-state index >= 15 is 0 Å². The fourth-order valence-electron chi connectivity index (χ4n) is 1.63. The van der Waals surface area contributed by atoms with Gasteiger partial charge in [0.25, 0.3) is 10.0 Å². The number of benzene rings is 2. The summed E-state index contributed by atoms with van der Waals surface area (Å²) in [5.41, 5.74) is 6.38. The maximum atomic E-state index is 12.3. The average Bonchev–Trinajstić information content (AvgIpc) is 2.43. The third-order valence-corrected chi connectivity index (χ3v) is 5.09. The molecule has 0 aliphatic carbocycles. The largest absolute Gasteiger partial charge is 0.495 e. The van der Waals surface area contributed by atoms with Gasteiger partial charge in [0.1, 0.15) is 5.75 Å². The Morgan fingerprint density at radius 3 is 2.57 bits per heavy atom. The van der Waals surface area contributed by atoms with Crippen molar-refractivity contribution in [3.63, 3.8) is 0 Å². The van der Waals surface area contributed by atoms with Crippen LogP contribution in [0.1, 0.15) is 0 Å². The zero-order valence-electron chi connectivity index (χ0n) is 10.9. The lowest BCUT2D eigenvalue weighted by molar-refractivity contribution is 0.415. The first-order valence-corrected chi connectivity index (χ1v) is 8.40. The molecule has 8 heteroatoms. The molecule has 21 heavy (non-hydrogen) atoms. The average molecular weight is 392 g/mol. The Balaban J connectivity index is 2.35. The van der Waals surface area contributed by atoms with E-state index in [-0.39, 0.29) is 4.90 Å². The van der Waals surface area contributed by atoms with Gasteiger partial charge < -0.3 is 10.5 Å². The number of nitrogens with one attached hydrogen (secondary N) is 1. The van der Waals surface area contributed by atoms with Crippen molar-refractivity contribution in [1.29, 1.82) is 0 Å². The van der Waals surface area contributed by atoms with Gasteiger partial charge >= 0.3 is 0 Å². The highest BCUT2D eigenvalue weighted by molar-refractivity contribution is 9.10. The molecule has 0 unspecified atom stereocenters. The molecule has 0 atom stereocenters. The van der Waals surface area contributed by atoms with Gasteiger partial charge in [0.2, 0.25) is 0 Å². The number of anilines is 2. The summed E-state index contributed by atoms with van der Waals surface area (Å²) < 4.78 is 32.7. The number of sulfonamides is 1. The lowest BCUT2D eigenvalue weighted by atomic mass is 10.3. The van der Waals surface area contributed by atoms with Crippen molar-refractivity contribution in [3.8, 4) is 5.75 Å². The Kier molecular flexibility index (Phi) is 4.65. The van der Waals surface area contributed by atoms with Crippen molar-refractivity contribution >= 4 is 48.9 Å². The van der Waals surface area contributed by atoms with Crippen molar-refractivity contribution in [1.82, 2.24) is 0 Å². The third-order valence-electron chi connectivity index (χ3n) is 2.68. The summed E-state index contributed by atoms with van der Waals surface area (Å²) in [6.45, 7) is 0. The van der Waals surface area contributed by atoms with E-state index in [1.807, 2.05) is 0 Å². The summed E-state index contributed by atoms with van der Waals surface area (Å²) in [6.07, 6.45) is 0. The normalized spacial score (nSPS) is 11.2. The highest BCUT2D eigenvalue weighted by Crippen LogP contribution is 2.29. The molecule has 0 aromatic heterocycles. The number of hydrogen-bond acceptors (Lipinski definition) is 4. The maximum Gasteiger partial charge on any atom is 0.261 e. The zero-order valence-corrected chi connectivity index (χ0v) is 14.1. The molecule has 3 N–H and O–H groups in total. The first kappa shape index (κ1) is 15.9. The molecule has 5 nitrogen and oxygen atoms in total. The number of rotatable bonds is 4. The van der Waals surface area contributed by atoms with Crippen LogP contribution in [-0.2, 0) is 10.0 Å². The molecule has 0 bridgehead atoms. The van der Waals surface area contributed by atoms with E-state index in [0.29, 0.717) is 26.6 Å². The summed E-state index contributed by atoms with van der Waals surface area (Å²) in [4.78, 5) is 0.0668. The number of hydrogen-bond donors (Lipinski definition) is 2. The van der Waals surface area contributed by atoms with E-state index in [1.165, 1.54) is 25.3 Å². The standard InChI is InChI=1S/C13H12BrClN2O3S/c1-20-13-6-8(2-5-11(13)15)17-21(18,19)9-3-4-10(14)12(16)7-9/h2-7,17H,16H2,1H3. The lowest BCUT2D eigenvalue weighted by Crippen LogP contribution is -2.13. The molecule has 112 valence electrons. The molecular weight excluding hydrogens is 380 g/mol. The monoisotopic (exact) mass is 390 g/mol. The van der Waals surface area contributed by atoms with Gasteiger partial charge in [-0.25, -0.2) is 8.42 Å². The van der Waals surface area contributed by atoms with Crippen molar-refractivity contribution in [3.05, 3.63) is 45.9 Å². The van der Waals surface area contributed by atoms with Crippen molar-refractivity contribution in [2.24, 2.45) is 0 Å². The summed E-state index contributed by atoms with van der Waals surface area (Å²) in [6, 6.07) is 9.00. The van der Waals surface area contributed by atoms with Crippen LogP contribution in [-0.4, -0.2) is 15.5 Å². The SMILES string of the molecule is COc1cc(NS(=O)(=O)c2ccc(Br)c(N)c2)ccc1Cl. The summed E-state index contributed by atoms with van der Waals surface area (Å²) in [7, 11) is -2.29. The molecule has 2 rings (SSSR count). The smallest absolute Gasteiger partial charge is 0.261 e. The summed E-state index contributed by atoms with van der Waals surface area (Å²) in [5.74, 6) is 0.382. The molecule has 0 amide bonds. The minimum Gasteiger partial charge on any atom is -0.495 e. The van der Waals surface area contributed by atoms with E-state index in [1.54, 1.807) is 18.2 Å². The minimum atomic E-state index is -3.74. The third kappa shape index (κ3) is 3.61. The van der Waals surface area contributed by atoms with Crippen molar-refractivity contribution < 1.29 is 13.2 Å². The number of nitrogens with two attached hydrogens (primary N) is 1. The molecule has 2 aromatic carbocycles. The Morgan fingerprint density at radius 2 is 1.95 bits per heavy atom. The second kappa shape index (κ2) is 6.13. The van der Waals surface area contributed by atoms with Crippen molar-refractivity contribution in [2.75, 3.05) is 17.6 Å². The maximum absolute atomic E-state index is 12.3. The highest BCUT2D eigenvalue weighted by Gasteiger charge is 2.16. The molecular formula is C13H12BrClN2O3S. The molecule has 0 fully saturated rings. The van der Waals surface area contributed by atoms with Crippen LogP contribution >= 0.6 is 27.5 Å². The van der Waals surface area contributed by atoms with Gasteiger partial charge in [-0.05, 0) is 46.3 Å². The first-order chi connectivity index (χ1) is 9.83. The van der Waals surface area contributed by atoms with Crippen LogP contribution in [0.5, 0.6) is 5.75 Å². The second-order valence-corrected chi connectivity index (χ2v) is 7.08. The Labute approximate surface area is 136 Å². The van der Waals surface area contributed by atoms with Gasteiger partial charge in [0.05, 0.1) is 22.7 Å². The lowest BCUT2D eigenvalue weighted by Gasteiger charge is -2.11. The van der Waals surface area contributed by atoms with Crippen LogP contribution in [0, 0.1) is 0 Å². The number of ether oxygens (including phenoxy) is 1. The number of methoxy groups -OCH3 is 1. The predicted molar refractivity (Wildman–Crippen MR) is 87.4 cm³/mol. The first-order valence-electron chi connectivity index (χ1n) is 5.75. The van der Waals surface area contributed by atoms with E-state index in [2.05, 4.69) is 20.7 Å². The van der Waals surface area contributed by atoms with Crippen molar-refractivity contribution in [2.45, 2.75) is 4.90 Å². The fourth-order valence-corrected chi connectivity index (χ4v) is 3.15. The van der Waals surface area contributed by atoms with Gasteiger partial charge in [-0.2, -0.15) is 0 Å². The summed E-state index contributed by atoms with van der Waals surface area (Å²) >= 11 is 9.12. The minimum absolute atomic E-state index is 0.0668. The highest BCUT2D eigenvalue weighted by atomic mass is 79.9. The molecule has 0 aliphatic heterocycles. The fraction of sp³-hybridized carbons (Fsp3) is 0.0769. The van der Waals surface area contributed by atoms with E-state index < -0.39 is 10.0 Å².